The van der Waals surface area contributed by atoms with Crippen molar-refractivity contribution in [2.24, 2.45) is 0 Å². The van der Waals surface area contributed by atoms with Crippen molar-refractivity contribution in [1.82, 2.24) is 5.32 Å². The maximum atomic E-state index is 11.8. The molecule has 0 atom stereocenters. The number of carboxylic acids is 1. The first-order chi connectivity index (χ1) is 8.49. The fourth-order valence-electron chi connectivity index (χ4n) is 1.63. The van der Waals surface area contributed by atoms with Gasteiger partial charge in [-0.2, -0.15) is 0 Å². The summed E-state index contributed by atoms with van der Waals surface area (Å²) in [5, 5.41) is 11.9. The van der Waals surface area contributed by atoms with Crippen LogP contribution in [0.25, 0.3) is 0 Å². The Morgan fingerprint density at radius 3 is 2.67 bits per heavy atom. The highest BCUT2D eigenvalue weighted by molar-refractivity contribution is 6.01. The molecule has 0 unspecified atom stereocenters. The van der Waals surface area contributed by atoms with E-state index in [1.165, 1.54) is 24.1 Å². The molecule has 96 valence electrons. The molecule has 0 bridgehead atoms. The maximum absolute atomic E-state index is 11.8. The van der Waals surface area contributed by atoms with Crippen LogP contribution in [-0.4, -0.2) is 30.2 Å². The lowest BCUT2D eigenvalue weighted by Crippen LogP contribution is -2.39. The molecule has 0 spiro atoms. The molecule has 6 nitrogen and oxygen atoms in total. The van der Waals surface area contributed by atoms with Gasteiger partial charge in [-0.1, -0.05) is 0 Å². The molecular formula is C12H15N3O3. The second-order valence-corrected chi connectivity index (χ2v) is 4.36. The third kappa shape index (κ3) is 2.53. The molecule has 1 aromatic rings. The SMILES string of the molecule is CN(C(=O)NC1CC1)c1ccc(N)cc1C(=O)O. The van der Waals surface area contributed by atoms with Crippen LogP contribution in [0.5, 0.6) is 0 Å². The lowest BCUT2D eigenvalue weighted by Gasteiger charge is -2.20. The molecule has 1 fully saturated rings. The number of carbonyl (C=O) groups excluding carboxylic acids is 1. The number of rotatable bonds is 3. The largest absolute Gasteiger partial charge is 0.478 e. The first-order valence-corrected chi connectivity index (χ1v) is 5.66. The van der Waals surface area contributed by atoms with Gasteiger partial charge in [-0.25, -0.2) is 9.59 Å². The van der Waals surface area contributed by atoms with E-state index in [0.717, 1.165) is 12.8 Å². The molecule has 1 aliphatic rings. The van der Waals surface area contributed by atoms with Gasteiger partial charge >= 0.3 is 12.0 Å². The van der Waals surface area contributed by atoms with Crippen LogP contribution in [0.4, 0.5) is 16.2 Å². The van der Waals surface area contributed by atoms with E-state index in [0.29, 0.717) is 11.4 Å². The Bertz CT molecular complexity index is 497. The third-order valence-electron chi connectivity index (χ3n) is 2.82. The number of hydrogen-bond donors (Lipinski definition) is 3. The molecule has 6 heteroatoms. The van der Waals surface area contributed by atoms with Crippen LogP contribution in [0, 0.1) is 0 Å². The third-order valence-corrected chi connectivity index (χ3v) is 2.82. The van der Waals surface area contributed by atoms with Gasteiger partial charge in [0, 0.05) is 18.8 Å². The van der Waals surface area contributed by atoms with Gasteiger partial charge < -0.3 is 16.2 Å². The highest BCUT2D eigenvalue weighted by Crippen LogP contribution is 2.24. The van der Waals surface area contributed by atoms with E-state index in [1.54, 1.807) is 6.07 Å². The fourth-order valence-corrected chi connectivity index (χ4v) is 1.63. The summed E-state index contributed by atoms with van der Waals surface area (Å²) >= 11 is 0. The Kier molecular flexibility index (Phi) is 3.10. The van der Waals surface area contributed by atoms with Crippen molar-refractivity contribution in [2.75, 3.05) is 17.7 Å². The van der Waals surface area contributed by atoms with Crippen LogP contribution in [-0.2, 0) is 0 Å². The quantitative estimate of drug-likeness (QED) is 0.703. The predicted octanol–water partition coefficient (Wildman–Crippen LogP) is 1.28. The number of hydrogen-bond acceptors (Lipinski definition) is 3. The molecule has 0 radical (unpaired) electrons. The molecule has 0 aromatic heterocycles. The van der Waals surface area contributed by atoms with Crippen molar-refractivity contribution in [2.45, 2.75) is 18.9 Å². The van der Waals surface area contributed by atoms with Gasteiger partial charge in [0.05, 0.1) is 11.3 Å². The van der Waals surface area contributed by atoms with Gasteiger partial charge in [0.25, 0.3) is 0 Å². The summed E-state index contributed by atoms with van der Waals surface area (Å²) in [6, 6.07) is 4.37. The van der Waals surface area contributed by atoms with Gasteiger partial charge in [0.2, 0.25) is 0 Å². The van der Waals surface area contributed by atoms with Crippen molar-refractivity contribution < 1.29 is 14.7 Å². The monoisotopic (exact) mass is 249 g/mol. The number of urea groups is 1. The average molecular weight is 249 g/mol. The standard InChI is InChI=1S/C12H15N3O3/c1-15(12(18)14-8-3-4-8)10-5-2-7(13)6-9(10)11(16)17/h2,5-6,8H,3-4,13H2,1H3,(H,14,18)(H,16,17). The molecule has 1 aromatic carbocycles. The van der Waals surface area contributed by atoms with Crippen molar-refractivity contribution in [1.29, 1.82) is 0 Å². The zero-order chi connectivity index (χ0) is 13.3. The smallest absolute Gasteiger partial charge is 0.337 e. The summed E-state index contributed by atoms with van der Waals surface area (Å²) in [5.41, 5.74) is 6.25. The number of anilines is 2. The number of benzene rings is 1. The van der Waals surface area contributed by atoms with E-state index >= 15 is 0 Å². The van der Waals surface area contributed by atoms with Crippen LogP contribution < -0.4 is 16.0 Å². The number of carboxylic acid groups (broad SMARTS) is 1. The number of aromatic carboxylic acids is 1. The van der Waals surface area contributed by atoms with Gasteiger partial charge in [0.15, 0.2) is 0 Å². The summed E-state index contributed by atoms with van der Waals surface area (Å²) < 4.78 is 0. The number of nitrogen functional groups attached to an aromatic ring is 1. The summed E-state index contributed by atoms with van der Waals surface area (Å²) in [5.74, 6) is -1.11. The molecular weight excluding hydrogens is 234 g/mol. The Balaban J connectivity index is 2.25. The summed E-state index contributed by atoms with van der Waals surface area (Å²) in [6.45, 7) is 0. The number of amides is 2. The Morgan fingerprint density at radius 1 is 1.44 bits per heavy atom. The normalized spacial score (nSPS) is 14.1. The lowest BCUT2D eigenvalue weighted by atomic mass is 10.1. The summed E-state index contributed by atoms with van der Waals surface area (Å²) in [7, 11) is 1.54. The summed E-state index contributed by atoms with van der Waals surface area (Å²) in [6.07, 6.45) is 1.96. The minimum absolute atomic E-state index is 0.0171. The number of carbonyl (C=O) groups is 2. The molecule has 1 aliphatic carbocycles. The van der Waals surface area contributed by atoms with Gasteiger partial charge in [-0.3, -0.25) is 4.90 Å². The van der Waals surface area contributed by atoms with Gasteiger partial charge in [-0.05, 0) is 31.0 Å². The van der Waals surface area contributed by atoms with Crippen LogP contribution in [0.15, 0.2) is 18.2 Å². The maximum Gasteiger partial charge on any atom is 0.337 e. The number of nitrogens with two attached hydrogens (primary N) is 1. The van der Waals surface area contributed by atoms with Crippen LogP contribution in [0.3, 0.4) is 0 Å². The van der Waals surface area contributed by atoms with E-state index in [-0.39, 0.29) is 17.6 Å². The van der Waals surface area contributed by atoms with Crippen molar-refractivity contribution >= 4 is 23.4 Å². The van der Waals surface area contributed by atoms with Gasteiger partial charge in [-0.15, -0.1) is 0 Å². The Labute approximate surface area is 104 Å². The second-order valence-electron chi connectivity index (χ2n) is 4.36. The van der Waals surface area contributed by atoms with Crippen LogP contribution >= 0.6 is 0 Å². The van der Waals surface area contributed by atoms with Crippen LogP contribution in [0.1, 0.15) is 23.2 Å². The van der Waals surface area contributed by atoms with E-state index in [1.807, 2.05) is 0 Å². The second kappa shape index (κ2) is 4.56. The molecule has 18 heavy (non-hydrogen) atoms. The zero-order valence-electron chi connectivity index (χ0n) is 10.0. The molecule has 0 saturated heterocycles. The first-order valence-electron chi connectivity index (χ1n) is 5.66. The van der Waals surface area contributed by atoms with E-state index in [2.05, 4.69) is 5.32 Å². The molecule has 0 heterocycles. The molecule has 0 aliphatic heterocycles. The molecule has 2 rings (SSSR count). The van der Waals surface area contributed by atoms with Crippen LogP contribution in [0.2, 0.25) is 0 Å². The Morgan fingerprint density at radius 2 is 2.11 bits per heavy atom. The lowest BCUT2D eigenvalue weighted by molar-refractivity contribution is 0.0698. The fraction of sp³-hybridized carbons (Fsp3) is 0.333. The van der Waals surface area contributed by atoms with E-state index in [9.17, 15) is 9.59 Å². The highest BCUT2D eigenvalue weighted by atomic mass is 16.4. The summed E-state index contributed by atoms with van der Waals surface area (Å²) in [4.78, 5) is 24.3. The predicted molar refractivity (Wildman–Crippen MR) is 67.8 cm³/mol. The van der Waals surface area contributed by atoms with E-state index < -0.39 is 5.97 Å². The minimum Gasteiger partial charge on any atom is -0.478 e. The molecule has 2 amide bonds. The minimum atomic E-state index is -1.11. The zero-order valence-corrected chi connectivity index (χ0v) is 10.0. The van der Waals surface area contributed by atoms with Crippen molar-refractivity contribution in [3.8, 4) is 0 Å². The average Bonchev–Trinajstić information content (AvgIpc) is 3.11. The first kappa shape index (κ1) is 12.2. The Hall–Kier alpha value is -2.24. The van der Waals surface area contributed by atoms with Crippen molar-refractivity contribution in [3.05, 3.63) is 23.8 Å². The number of nitrogens with one attached hydrogen (secondary N) is 1. The van der Waals surface area contributed by atoms with Gasteiger partial charge in [0.1, 0.15) is 0 Å². The van der Waals surface area contributed by atoms with Crippen molar-refractivity contribution in [3.63, 3.8) is 0 Å². The topological polar surface area (TPSA) is 95.7 Å². The molecule has 1 saturated carbocycles. The highest BCUT2D eigenvalue weighted by Gasteiger charge is 2.26. The number of nitrogens with zero attached hydrogens (tertiary/aromatic N) is 1. The molecule has 4 N–H and O–H groups in total. The van der Waals surface area contributed by atoms with E-state index in [4.69, 9.17) is 10.8 Å².